The molecule has 0 radical (unpaired) electrons. The van der Waals surface area contributed by atoms with Crippen LogP contribution >= 0.6 is 0 Å². The predicted molar refractivity (Wildman–Crippen MR) is 128 cm³/mol. The van der Waals surface area contributed by atoms with E-state index < -0.39 is 0 Å². The summed E-state index contributed by atoms with van der Waals surface area (Å²) in [4.78, 5) is 26.4. The van der Waals surface area contributed by atoms with Crippen molar-refractivity contribution in [2.75, 3.05) is 24.5 Å². The molecule has 1 aliphatic rings. The second kappa shape index (κ2) is 8.32. The van der Waals surface area contributed by atoms with Crippen molar-refractivity contribution in [3.63, 3.8) is 0 Å². The Bertz CT molecular complexity index is 1270. The minimum atomic E-state index is -0.283. The normalized spacial score (nSPS) is 15.9. The third-order valence-corrected chi connectivity index (χ3v) is 6.53. The quantitative estimate of drug-likeness (QED) is 0.403. The van der Waals surface area contributed by atoms with E-state index in [0.717, 1.165) is 47.5 Å². The van der Waals surface area contributed by atoms with E-state index in [1.54, 1.807) is 6.33 Å². The summed E-state index contributed by atoms with van der Waals surface area (Å²) in [6, 6.07) is 9.86. The van der Waals surface area contributed by atoms with Crippen molar-refractivity contribution < 1.29 is 4.79 Å². The largest absolute Gasteiger partial charge is 0.366 e. The first-order valence-corrected chi connectivity index (χ1v) is 11.2. The number of aromatic nitrogens is 5. The van der Waals surface area contributed by atoms with Crippen LogP contribution < -0.4 is 16.0 Å². The number of benzene rings is 1. The zero-order chi connectivity index (χ0) is 23.0. The number of aromatic amines is 1. The number of carbonyl (C=O) groups excluding carboxylic acids is 1. The van der Waals surface area contributed by atoms with Crippen molar-refractivity contribution >= 4 is 22.6 Å². The topological polar surface area (TPSA) is 118 Å². The fourth-order valence-corrected chi connectivity index (χ4v) is 4.25. The molecule has 0 bridgehead atoms. The fourth-order valence-electron chi connectivity index (χ4n) is 4.25. The smallest absolute Gasteiger partial charge is 0.251 e. The van der Waals surface area contributed by atoms with Crippen LogP contribution in [0.3, 0.4) is 0 Å². The minimum Gasteiger partial charge on any atom is -0.366 e. The molecule has 0 spiro atoms. The van der Waals surface area contributed by atoms with Crippen LogP contribution in [0.5, 0.6) is 0 Å². The van der Waals surface area contributed by atoms with Gasteiger partial charge in [-0.3, -0.25) is 9.48 Å². The van der Waals surface area contributed by atoms with Gasteiger partial charge in [0.25, 0.3) is 5.91 Å². The lowest BCUT2D eigenvalue weighted by atomic mass is 9.89. The van der Waals surface area contributed by atoms with Crippen molar-refractivity contribution in [2.24, 2.45) is 5.73 Å². The molecular formula is C24H28N8O. The number of amides is 1. The summed E-state index contributed by atoms with van der Waals surface area (Å²) < 4.78 is 1.97. The molecule has 1 atom stereocenters. The molecule has 1 aromatic carbocycles. The van der Waals surface area contributed by atoms with Gasteiger partial charge in [0.05, 0.1) is 11.9 Å². The van der Waals surface area contributed by atoms with Gasteiger partial charge in [0.1, 0.15) is 17.5 Å². The number of nitrogens with two attached hydrogens (primary N) is 1. The molecule has 9 heteroatoms. The average Bonchev–Trinajstić information content (AvgIpc) is 3.49. The summed E-state index contributed by atoms with van der Waals surface area (Å²) >= 11 is 0. The van der Waals surface area contributed by atoms with Gasteiger partial charge in [-0.15, -0.1) is 0 Å². The fraction of sp³-hybridized carbons (Fsp3) is 0.333. The molecule has 0 aliphatic carbocycles. The van der Waals surface area contributed by atoms with Gasteiger partial charge in [-0.25, -0.2) is 9.97 Å². The number of hydrogen-bond acceptors (Lipinski definition) is 6. The lowest BCUT2D eigenvalue weighted by Crippen LogP contribution is -2.66. The van der Waals surface area contributed by atoms with Crippen molar-refractivity contribution in [3.8, 4) is 11.3 Å². The van der Waals surface area contributed by atoms with Crippen molar-refractivity contribution in [1.29, 1.82) is 0 Å². The Morgan fingerprint density at radius 3 is 2.76 bits per heavy atom. The van der Waals surface area contributed by atoms with Crippen molar-refractivity contribution in [1.82, 2.24) is 30.0 Å². The molecule has 1 saturated heterocycles. The molecule has 1 aliphatic heterocycles. The number of anilines is 1. The monoisotopic (exact) mass is 444 g/mol. The molecule has 1 fully saturated rings. The van der Waals surface area contributed by atoms with E-state index in [1.165, 1.54) is 0 Å². The molecule has 0 unspecified atom stereocenters. The number of nitrogens with zero attached hydrogens (tertiary/aromatic N) is 5. The Balaban J connectivity index is 1.31. The molecular weight excluding hydrogens is 416 g/mol. The number of fused-ring (bicyclic) bond motifs is 1. The van der Waals surface area contributed by atoms with Gasteiger partial charge < -0.3 is 20.9 Å². The van der Waals surface area contributed by atoms with Gasteiger partial charge in [-0.2, -0.15) is 5.10 Å². The molecule has 4 heterocycles. The van der Waals surface area contributed by atoms with Gasteiger partial charge >= 0.3 is 0 Å². The lowest BCUT2D eigenvalue weighted by Gasteiger charge is -2.50. The maximum Gasteiger partial charge on any atom is 0.251 e. The second-order valence-electron chi connectivity index (χ2n) is 8.75. The number of rotatable bonds is 7. The van der Waals surface area contributed by atoms with Crippen LogP contribution in [0.15, 0.2) is 55.2 Å². The SMILES string of the molecule is CC[C@@H](C)NC(=O)c1ccc(N2CC(CN)(n3cc(-c4ncnc5[nH]ccc45)cn3)C2)cc1. The first kappa shape index (κ1) is 21.1. The second-order valence-corrected chi connectivity index (χ2v) is 8.75. The number of hydrogen-bond donors (Lipinski definition) is 3. The molecule has 0 saturated carbocycles. The maximum absolute atomic E-state index is 12.3. The lowest BCUT2D eigenvalue weighted by molar-refractivity contribution is 0.0939. The van der Waals surface area contributed by atoms with E-state index >= 15 is 0 Å². The number of H-pyrrole nitrogens is 1. The number of carbonyl (C=O) groups is 1. The highest BCUT2D eigenvalue weighted by molar-refractivity contribution is 5.94. The summed E-state index contributed by atoms with van der Waals surface area (Å²) in [5.74, 6) is -0.0406. The minimum absolute atomic E-state index is 0.0406. The summed E-state index contributed by atoms with van der Waals surface area (Å²) in [5, 5.41) is 8.60. The summed E-state index contributed by atoms with van der Waals surface area (Å²) in [6.45, 7) is 6.02. The Labute approximate surface area is 192 Å². The van der Waals surface area contributed by atoms with E-state index in [-0.39, 0.29) is 17.5 Å². The maximum atomic E-state index is 12.3. The Morgan fingerprint density at radius 1 is 1.24 bits per heavy atom. The first-order chi connectivity index (χ1) is 16.0. The third-order valence-electron chi connectivity index (χ3n) is 6.53. The molecule has 5 rings (SSSR count). The summed E-state index contributed by atoms with van der Waals surface area (Å²) in [7, 11) is 0. The van der Waals surface area contributed by atoms with Crippen molar-refractivity contribution in [3.05, 3.63) is 60.8 Å². The summed E-state index contributed by atoms with van der Waals surface area (Å²) in [5.41, 5.74) is 10.3. The first-order valence-electron chi connectivity index (χ1n) is 11.2. The van der Waals surface area contributed by atoms with Crippen LogP contribution in [-0.2, 0) is 5.54 Å². The van der Waals surface area contributed by atoms with Gasteiger partial charge in [0, 0.05) is 60.3 Å². The predicted octanol–water partition coefficient (Wildman–Crippen LogP) is 2.52. The summed E-state index contributed by atoms with van der Waals surface area (Å²) in [6.07, 6.45) is 8.17. The highest BCUT2D eigenvalue weighted by Crippen LogP contribution is 2.34. The van der Waals surface area contributed by atoms with Gasteiger partial charge in [-0.1, -0.05) is 6.92 Å². The number of nitrogens with one attached hydrogen (secondary N) is 2. The molecule has 4 aromatic rings. The Hall–Kier alpha value is -3.72. The highest BCUT2D eigenvalue weighted by atomic mass is 16.1. The molecule has 3 aromatic heterocycles. The van der Waals surface area contributed by atoms with Crippen LogP contribution in [0, 0.1) is 0 Å². The van der Waals surface area contributed by atoms with Gasteiger partial charge in [0.2, 0.25) is 0 Å². The molecule has 1 amide bonds. The molecule has 33 heavy (non-hydrogen) atoms. The van der Waals surface area contributed by atoms with E-state index in [1.807, 2.05) is 60.5 Å². The van der Waals surface area contributed by atoms with E-state index in [4.69, 9.17) is 5.73 Å². The van der Waals surface area contributed by atoms with E-state index in [0.29, 0.717) is 12.1 Å². The van der Waals surface area contributed by atoms with Crippen LogP contribution in [0.1, 0.15) is 30.6 Å². The van der Waals surface area contributed by atoms with Crippen molar-refractivity contribution in [2.45, 2.75) is 31.8 Å². The molecule has 170 valence electrons. The van der Waals surface area contributed by atoms with E-state index in [2.05, 4.69) is 37.2 Å². The molecule has 4 N–H and O–H groups in total. The van der Waals surface area contributed by atoms with Gasteiger partial charge in [-0.05, 0) is 43.7 Å². The average molecular weight is 445 g/mol. The van der Waals surface area contributed by atoms with Crippen LogP contribution in [-0.4, -0.2) is 56.3 Å². The zero-order valence-electron chi connectivity index (χ0n) is 18.8. The highest BCUT2D eigenvalue weighted by Gasteiger charge is 2.44. The Morgan fingerprint density at radius 2 is 2.03 bits per heavy atom. The van der Waals surface area contributed by atoms with Crippen LogP contribution in [0.2, 0.25) is 0 Å². The van der Waals surface area contributed by atoms with Gasteiger partial charge in [0.15, 0.2) is 0 Å². The Kier molecular flexibility index (Phi) is 5.33. The van der Waals surface area contributed by atoms with Crippen LogP contribution in [0.4, 0.5) is 5.69 Å². The zero-order valence-corrected chi connectivity index (χ0v) is 18.8. The molecule has 9 nitrogen and oxygen atoms in total. The van der Waals surface area contributed by atoms with E-state index in [9.17, 15) is 4.79 Å². The van der Waals surface area contributed by atoms with Crippen LogP contribution in [0.25, 0.3) is 22.3 Å². The third kappa shape index (κ3) is 3.74. The standard InChI is InChI=1S/C24H28N8O/c1-3-16(2)30-23(33)17-4-6-19(7-5-17)31-13-24(12-25,14-31)32-11-18(10-29-32)21-20-8-9-26-22(20)28-15-27-21/h4-11,15-16H,3,12-14,25H2,1-2H3,(H,30,33)(H,26,27,28)/t16-/m1/s1.